The first-order valence-corrected chi connectivity index (χ1v) is 11.3. The number of benzene rings is 3. The van der Waals surface area contributed by atoms with Crippen LogP contribution in [0.3, 0.4) is 0 Å². The molecule has 1 heterocycles. The highest BCUT2D eigenvalue weighted by atomic mass is 19.1. The number of aromatic carboxylic acids is 1. The molecule has 33 heavy (non-hydrogen) atoms. The Balaban J connectivity index is 1.61. The number of aromatic amines is 1. The van der Waals surface area contributed by atoms with Crippen molar-refractivity contribution in [1.82, 2.24) is 4.98 Å². The van der Waals surface area contributed by atoms with Crippen LogP contribution in [0.25, 0.3) is 33.3 Å². The van der Waals surface area contributed by atoms with Gasteiger partial charge in [0.2, 0.25) is 0 Å². The molecule has 0 amide bonds. The van der Waals surface area contributed by atoms with Gasteiger partial charge in [-0.15, -0.1) is 0 Å². The van der Waals surface area contributed by atoms with Gasteiger partial charge >= 0.3 is 5.97 Å². The van der Waals surface area contributed by atoms with E-state index in [9.17, 15) is 9.90 Å². The average molecular weight is 444 g/mol. The monoisotopic (exact) mass is 443 g/mol. The molecule has 0 fully saturated rings. The van der Waals surface area contributed by atoms with Crippen LogP contribution in [0.1, 0.15) is 46.0 Å². The molecule has 0 unspecified atom stereocenters. The fourth-order valence-electron chi connectivity index (χ4n) is 4.97. The van der Waals surface area contributed by atoms with Gasteiger partial charge in [-0.05, 0) is 85.2 Å². The zero-order valence-corrected chi connectivity index (χ0v) is 19.0. The minimum Gasteiger partial charge on any atom is -0.493 e. The number of H-pyrrole nitrogens is 1. The van der Waals surface area contributed by atoms with Crippen LogP contribution in [0.2, 0.25) is 0 Å². The number of hydrogen-bond donors (Lipinski definition) is 2. The summed E-state index contributed by atoms with van der Waals surface area (Å²) < 4.78 is 21.7. The van der Waals surface area contributed by atoms with E-state index in [1.54, 1.807) is 12.1 Å². The number of fused-ring (bicyclic) bond motifs is 5. The van der Waals surface area contributed by atoms with Gasteiger partial charge in [-0.1, -0.05) is 25.1 Å². The predicted octanol–water partition coefficient (Wildman–Crippen LogP) is 6.84. The minimum atomic E-state index is -0.937. The lowest BCUT2D eigenvalue weighted by Gasteiger charge is -2.17. The molecule has 0 atom stereocenters. The molecule has 168 valence electrons. The minimum absolute atomic E-state index is 0.272. The fourth-order valence-corrected chi connectivity index (χ4v) is 4.97. The van der Waals surface area contributed by atoms with Crippen molar-refractivity contribution in [3.05, 3.63) is 76.1 Å². The topological polar surface area (TPSA) is 62.3 Å². The third kappa shape index (κ3) is 3.48. The molecule has 0 aliphatic heterocycles. The summed E-state index contributed by atoms with van der Waals surface area (Å²) in [6.07, 6.45) is 2.41. The standard InChI is InChI=1S/C28H26FNO3/c1-4-11-33-27-15(2)12-19(13-16(27)3)20-9-10-23-22-8-5-17-14-18(28(31)32)6-7-21(17)25(22)30-26(23)24(20)29/h6-7,9-10,12-14,30H,4-5,8,11H2,1-3H3,(H,31,32). The second-order valence-electron chi connectivity index (χ2n) is 8.79. The lowest BCUT2D eigenvalue weighted by atomic mass is 9.87. The molecule has 2 N–H and O–H groups in total. The fraction of sp³-hybridized carbons (Fsp3) is 0.250. The molecule has 1 aliphatic carbocycles. The molecule has 4 nitrogen and oxygen atoms in total. The Labute approximate surface area is 192 Å². The van der Waals surface area contributed by atoms with E-state index in [0.29, 0.717) is 17.7 Å². The number of rotatable bonds is 5. The van der Waals surface area contributed by atoms with Gasteiger partial charge in [-0.3, -0.25) is 0 Å². The van der Waals surface area contributed by atoms with Crippen molar-refractivity contribution in [2.45, 2.75) is 40.0 Å². The molecule has 0 bridgehead atoms. The number of aromatic nitrogens is 1. The molecule has 4 aromatic rings. The Hall–Kier alpha value is -3.60. The number of aryl methyl sites for hydroxylation is 4. The maximum atomic E-state index is 15.8. The van der Waals surface area contributed by atoms with Gasteiger partial charge in [0, 0.05) is 16.5 Å². The summed E-state index contributed by atoms with van der Waals surface area (Å²) in [5.41, 5.74) is 8.03. The smallest absolute Gasteiger partial charge is 0.335 e. The number of nitrogens with one attached hydrogen (secondary N) is 1. The molecule has 0 radical (unpaired) electrons. The maximum absolute atomic E-state index is 15.8. The molecule has 1 aromatic heterocycles. The van der Waals surface area contributed by atoms with E-state index < -0.39 is 5.97 Å². The van der Waals surface area contributed by atoms with Crippen molar-refractivity contribution in [2.24, 2.45) is 0 Å². The van der Waals surface area contributed by atoms with E-state index in [4.69, 9.17) is 4.74 Å². The normalized spacial score (nSPS) is 12.5. The Morgan fingerprint density at radius 2 is 1.79 bits per heavy atom. The number of carbonyl (C=O) groups is 1. The van der Waals surface area contributed by atoms with E-state index in [0.717, 1.165) is 69.5 Å². The second kappa shape index (κ2) is 8.07. The molecule has 5 rings (SSSR count). The van der Waals surface area contributed by atoms with Crippen LogP contribution in [0.15, 0.2) is 42.5 Å². The first kappa shape index (κ1) is 21.3. The maximum Gasteiger partial charge on any atom is 0.335 e. The first-order valence-electron chi connectivity index (χ1n) is 11.3. The highest BCUT2D eigenvalue weighted by molar-refractivity contribution is 5.96. The third-order valence-electron chi connectivity index (χ3n) is 6.51. The summed E-state index contributed by atoms with van der Waals surface area (Å²) >= 11 is 0. The van der Waals surface area contributed by atoms with Crippen LogP contribution < -0.4 is 4.74 Å². The molecule has 0 spiro atoms. The number of halogens is 1. The molecule has 0 saturated carbocycles. The lowest BCUT2D eigenvalue weighted by molar-refractivity contribution is 0.0696. The number of hydrogen-bond acceptors (Lipinski definition) is 2. The summed E-state index contributed by atoms with van der Waals surface area (Å²) in [5, 5.41) is 10.2. The third-order valence-corrected chi connectivity index (χ3v) is 6.51. The number of carboxylic acid groups (broad SMARTS) is 1. The summed E-state index contributed by atoms with van der Waals surface area (Å²) in [6.45, 7) is 6.72. The lowest BCUT2D eigenvalue weighted by Crippen LogP contribution is -2.05. The highest BCUT2D eigenvalue weighted by Gasteiger charge is 2.24. The van der Waals surface area contributed by atoms with E-state index in [-0.39, 0.29) is 11.4 Å². The van der Waals surface area contributed by atoms with Gasteiger partial charge < -0.3 is 14.8 Å². The van der Waals surface area contributed by atoms with Crippen LogP contribution in [-0.4, -0.2) is 22.7 Å². The quantitative estimate of drug-likeness (QED) is 0.355. The van der Waals surface area contributed by atoms with Crippen LogP contribution in [0.4, 0.5) is 4.39 Å². The van der Waals surface area contributed by atoms with Gasteiger partial charge in [0.05, 0.1) is 23.4 Å². The Morgan fingerprint density at radius 3 is 2.48 bits per heavy atom. The van der Waals surface area contributed by atoms with E-state index in [1.807, 2.05) is 44.2 Å². The van der Waals surface area contributed by atoms with Gasteiger partial charge in [0.25, 0.3) is 0 Å². The zero-order chi connectivity index (χ0) is 23.3. The molecule has 1 aliphatic rings. The van der Waals surface area contributed by atoms with E-state index in [2.05, 4.69) is 11.9 Å². The van der Waals surface area contributed by atoms with Gasteiger partial charge in [-0.2, -0.15) is 0 Å². The predicted molar refractivity (Wildman–Crippen MR) is 129 cm³/mol. The summed E-state index contributed by atoms with van der Waals surface area (Å²) in [6, 6.07) is 13.0. The highest BCUT2D eigenvalue weighted by Crippen LogP contribution is 2.41. The summed E-state index contributed by atoms with van der Waals surface area (Å²) in [7, 11) is 0. The number of ether oxygens (including phenoxy) is 1. The summed E-state index contributed by atoms with van der Waals surface area (Å²) in [5.74, 6) is -0.339. The van der Waals surface area contributed by atoms with Crippen molar-refractivity contribution in [3.63, 3.8) is 0 Å². The largest absolute Gasteiger partial charge is 0.493 e. The number of carboxylic acids is 1. The summed E-state index contributed by atoms with van der Waals surface area (Å²) in [4.78, 5) is 14.7. The molecular formula is C28H26FNO3. The van der Waals surface area contributed by atoms with Gasteiger partial charge in [-0.25, -0.2) is 9.18 Å². The Bertz CT molecular complexity index is 1390. The van der Waals surface area contributed by atoms with E-state index >= 15 is 4.39 Å². The molecular weight excluding hydrogens is 417 g/mol. The van der Waals surface area contributed by atoms with Crippen molar-refractivity contribution >= 4 is 16.9 Å². The second-order valence-corrected chi connectivity index (χ2v) is 8.79. The average Bonchev–Trinajstić information content (AvgIpc) is 3.18. The Kier molecular flexibility index (Phi) is 5.20. The van der Waals surface area contributed by atoms with Crippen LogP contribution in [0, 0.1) is 19.7 Å². The Morgan fingerprint density at radius 1 is 1.06 bits per heavy atom. The molecule has 0 saturated heterocycles. The van der Waals surface area contributed by atoms with Crippen LogP contribution in [0.5, 0.6) is 5.75 Å². The van der Waals surface area contributed by atoms with Crippen molar-refractivity contribution in [2.75, 3.05) is 6.61 Å². The van der Waals surface area contributed by atoms with Crippen LogP contribution >= 0.6 is 0 Å². The van der Waals surface area contributed by atoms with Crippen molar-refractivity contribution in [1.29, 1.82) is 0 Å². The molecule has 3 aromatic carbocycles. The molecule has 5 heteroatoms. The van der Waals surface area contributed by atoms with Crippen molar-refractivity contribution < 1.29 is 19.0 Å². The van der Waals surface area contributed by atoms with Crippen LogP contribution in [-0.2, 0) is 12.8 Å². The van der Waals surface area contributed by atoms with Gasteiger partial charge in [0.15, 0.2) is 5.82 Å². The zero-order valence-electron chi connectivity index (χ0n) is 19.0. The SMILES string of the molecule is CCCOc1c(C)cc(-c2ccc3c4c([nH]c3c2F)-c2ccc(C(=O)O)cc2CC4)cc1C. The van der Waals surface area contributed by atoms with E-state index in [1.165, 1.54) is 0 Å². The van der Waals surface area contributed by atoms with Crippen molar-refractivity contribution in [3.8, 4) is 28.1 Å². The van der Waals surface area contributed by atoms with Gasteiger partial charge in [0.1, 0.15) is 5.75 Å². The first-order chi connectivity index (χ1) is 15.9.